The van der Waals surface area contributed by atoms with E-state index in [1.807, 2.05) is 26.0 Å². The van der Waals surface area contributed by atoms with Gasteiger partial charge >= 0.3 is 0 Å². The van der Waals surface area contributed by atoms with Gasteiger partial charge in [0, 0.05) is 19.0 Å². The van der Waals surface area contributed by atoms with Gasteiger partial charge in [-0.2, -0.15) is 10.4 Å². The van der Waals surface area contributed by atoms with Crippen LogP contribution in [0.1, 0.15) is 41.5 Å². The van der Waals surface area contributed by atoms with Crippen LogP contribution in [0.2, 0.25) is 0 Å². The minimum absolute atomic E-state index is 0.201. The lowest BCUT2D eigenvalue weighted by Gasteiger charge is -2.28. The van der Waals surface area contributed by atoms with Crippen molar-refractivity contribution in [1.29, 1.82) is 5.26 Å². The van der Waals surface area contributed by atoms with E-state index in [0.29, 0.717) is 22.9 Å². The van der Waals surface area contributed by atoms with E-state index >= 15 is 0 Å². The van der Waals surface area contributed by atoms with Gasteiger partial charge in [0.25, 0.3) is 11.5 Å². The van der Waals surface area contributed by atoms with Crippen molar-refractivity contribution < 1.29 is 4.79 Å². The fraction of sp³-hybridized carbons (Fsp3) is 0.238. The minimum atomic E-state index is -0.235. The predicted octanol–water partition coefficient (Wildman–Crippen LogP) is 3.03. The van der Waals surface area contributed by atoms with Crippen LogP contribution in [-0.2, 0) is 7.05 Å². The second kappa shape index (κ2) is 7.42. The fourth-order valence-electron chi connectivity index (χ4n) is 3.20. The van der Waals surface area contributed by atoms with E-state index in [0.717, 1.165) is 5.56 Å². The van der Waals surface area contributed by atoms with Crippen molar-refractivity contribution in [3.63, 3.8) is 0 Å². The Hall–Kier alpha value is -3.46. The predicted molar refractivity (Wildman–Crippen MR) is 103 cm³/mol. The van der Waals surface area contributed by atoms with Crippen LogP contribution in [0.15, 0.2) is 53.3 Å². The zero-order valence-electron chi connectivity index (χ0n) is 15.5. The lowest BCUT2D eigenvalue weighted by Crippen LogP contribution is -2.35. The smallest absolute Gasteiger partial charge is 0.275 e. The summed E-state index contributed by atoms with van der Waals surface area (Å²) in [5, 5.41) is 14.2. The van der Waals surface area contributed by atoms with Gasteiger partial charge in [-0.15, -0.1) is 0 Å². The summed E-state index contributed by atoms with van der Waals surface area (Å²) in [6.45, 7) is 4.33. The quantitative estimate of drug-likeness (QED) is 0.716. The Balaban J connectivity index is 2.05. The molecule has 3 rings (SSSR count). The van der Waals surface area contributed by atoms with Crippen LogP contribution in [0, 0.1) is 11.3 Å². The number of fused-ring (bicyclic) bond motifs is 1. The summed E-state index contributed by atoms with van der Waals surface area (Å²) in [5.41, 5.74) is 1.53. The molecule has 6 heteroatoms. The van der Waals surface area contributed by atoms with Crippen molar-refractivity contribution >= 4 is 16.7 Å². The number of nitriles is 1. The number of carbonyl (C=O) groups excluding carboxylic acids is 1. The highest BCUT2D eigenvalue weighted by Gasteiger charge is 2.25. The highest BCUT2D eigenvalue weighted by molar-refractivity contribution is 6.04. The van der Waals surface area contributed by atoms with Gasteiger partial charge in [-0.05, 0) is 37.6 Å². The van der Waals surface area contributed by atoms with Gasteiger partial charge < -0.3 is 4.90 Å². The summed E-state index contributed by atoms with van der Waals surface area (Å²) in [7, 11) is 1.55. The van der Waals surface area contributed by atoms with Crippen molar-refractivity contribution in [2.45, 2.75) is 19.9 Å². The first-order valence-electron chi connectivity index (χ1n) is 8.75. The Bertz CT molecular complexity index is 1090. The molecular formula is C21H20N4O2. The summed E-state index contributed by atoms with van der Waals surface area (Å²) >= 11 is 0. The number of rotatable bonds is 4. The topological polar surface area (TPSA) is 79.0 Å². The second-order valence-electron chi connectivity index (χ2n) is 6.32. The monoisotopic (exact) mass is 360 g/mol. The van der Waals surface area contributed by atoms with Gasteiger partial charge in [0.1, 0.15) is 0 Å². The van der Waals surface area contributed by atoms with Crippen LogP contribution < -0.4 is 5.56 Å². The molecule has 0 spiro atoms. The molecule has 0 fully saturated rings. The van der Waals surface area contributed by atoms with E-state index in [4.69, 9.17) is 5.26 Å². The molecule has 0 bridgehead atoms. The van der Waals surface area contributed by atoms with Crippen LogP contribution in [0.3, 0.4) is 0 Å². The van der Waals surface area contributed by atoms with E-state index in [-0.39, 0.29) is 23.2 Å². The number of hydrogen-bond acceptors (Lipinski definition) is 4. The third-order valence-corrected chi connectivity index (χ3v) is 4.75. The van der Waals surface area contributed by atoms with Gasteiger partial charge in [0.05, 0.1) is 23.1 Å². The third-order valence-electron chi connectivity index (χ3n) is 4.75. The van der Waals surface area contributed by atoms with Crippen LogP contribution in [0.25, 0.3) is 10.8 Å². The van der Waals surface area contributed by atoms with Crippen molar-refractivity contribution in [2.75, 3.05) is 6.54 Å². The largest absolute Gasteiger partial charge is 0.331 e. The van der Waals surface area contributed by atoms with Gasteiger partial charge in [-0.1, -0.05) is 30.3 Å². The Morgan fingerprint density at radius 3 is 2.41 bits per heavy atom. The first kappa shape index (κ1) is 18.3. The fourth-order valence-corrected chi connectivity index (χ4v) is 3.20. The third kappa shape index (κ3) is 3.32. The van der Waals surface area contributed by atoms with Gasteiger partial charge in [-0.25, -0.2) is 4.68 Å². The molecule has 6 nitrogen and oxygen atoms in total. The van der Waals surface area contributed by atoms with E-state index in [1.54, 1.807) is 48.3 Å². The van der Waals surface area contributed by atoms with Gasteiger partial charge in [-0.3, -0.25) is 9.59 Å². The molecule has 3 aromatic rings. The molecule has 0 aliphatic rings. The van der Waals surface area contributed by atoms with Crippen molar-refractivity contribution in [1.82, 2.24) is 14.7 Å². The Kier molecular flexibility index (Phi) is 5.04. The maximum Gasteiger partial charge on any atom is 0.275 e. The zero-order valence-corrected chi connectivity index (χ0v) is 15.5. The maximum absolute atomic E-state index is 13.3. The highest BCUT2D eigenvalue weighted by Crippen LogP contribution is 2.24. The molecule has 0 saturated carbocycles. The molecular weight excluding hydrogens is 340 g/mol. The molecule has 136 valence electrons. The zero-order chi connectivity index (χ0) is 19.6. The molecule has 1 unspecified atom stereocenters. The summed E-state index contributed by atoms with van der Waals surface area (Å²) in [4.78, 5) is 27.3. The van der Waals surface area contributed by atoms with E-state index in [1.165, 1.54) is 4.68 Å². The summed E-state index contributed by atoms with van der Waals surface area (Å²) in [5.74, 6) is -0.235. The first-order chi connectivity index (χ1) is 13.0. The Morgan fingerprint density at radius 2 is 1.81 bits per heavy atom. The summed E-state index contributed by atoms with van der Waals surface area (Å²) in [6, 6.07) is 16.1. The number of aryl methyl sites for hydroxylation is 1. The normalized spacial score (nSPS) is 11.8. The molecule has 1 amide bonds. The maximum atomic E-state index is 13.3. The lowest BCUT2D eigenvalue weighted by atomic mass is 10.0. The molecule has 0 aliphatic heterocycles. The lowest BCUT2D eigenvalue weighted by molar-refractivity contribution is 0.0696. The van der Waals surface area contributed by atoms with Crippen molar-refractivity contribution in [3.05, 3.63) is 75.7 Å². The van der Waals surface area contributed by atoms with Crippen molar-refractivity contribution in [2.24, 2.45) is 7.05 Å². The van der Waals surface area contributed by atoms with E-state index in [2.05, 4.69) is 11.2 Å². The molecule has 2 aromatic carbocycles. The van der Waals surface area contributed by atoms with E-state index in [9.17, 15) is 9.59 Å². The molecule has 1 heterocycles. The molecule has 1 atom stereocenters. The number of nitrogens with zero attached hydrogens (tertiary/aromatic N) is 4. The van der Waals surface area contributed by atoms with Crippen LogP contribution in [-0.4, -0.2) is 27.1 Å². The number of amides is 1. The molecule has 1 aromatic heterocycles. The number of benzene rings is 2. The number of carbonyl (C=O) groups is 1. The highest BCUT2D eigenvalue weighted by atomic mass is 16.2. The average Bonchev–Trinajstić information content (AvgIpc) is 2.71. The second-order valence-corrected chi connectivity index (χ2v) is 6.32. The standard InChI is InChI=1S/C21H20N4O2/c1-4-25(14(2)16-11-9-15(13-22)10-12-16)21(27)19-17-7-5-6-8-18(17)20(26)24(3)23-19/h5-12,14H,4H2,1-3H3. The first-order valence-corrected chi connectivity index (χ1v) is 8.75. The number of hydrogen-bond donors (Lipinski definition) is 0. The van der Waals surface area contributed by atoms with Crippen LogP contribution in [0.5, 0.6) is 0 Å². The molecule has 27 heavy (non-hydrogen) atoms. The van der Waals surface area contributed by atoms with E-state index < -0.39 is 0 Å². The SMILES string of the molecule is CCN(C(=O)c1nn(C)c(=O)c2ccccc12)C(C)c1ccc(C#N)cc1. The molecule has 0 radical (unpaired) electrons. The molecule has 0 saturated heterocycles. The molecule has 0 N–H and O–H groups in total. The Labute approximate surface area is 157 Å². The average molecular weight is 360 g/mol. The Morgan fingerprint density at radius 1 is 1.19 bits per heavy atom. The van der Waals surface area contributed by atoms with Crippen LogP contribution >= 0.6 is 0 Å². The van der Waals surface area contributed by atoms with Gasteiger partial charge in [0.15, 0.2) is 5.69 Å². The minimum Gasteiger partial charge on any atom is -0.331 e. The number of aromatic nitrogens is 2. The van der Waals surface area contributed by atoms with Crippen LogP contribution in [0.4, 0.5) is 0 Å². The molecule has 0 aliphatic carbocycles. The van der Waals surface area contributed by atoms with Crippen molar-refractivity contribution in [3.8, 4) is 6.07 Å². The summed E-state index contributed by atoms with van der Waals surface area (Å²) < 4.78 is 1.20. The van der Waals surface area contributed by atoms with Gasteiger partial charge in [0.2, 0.25) is 0 Å². The summed E-state index contributed by atoms with van der Waals surface area (Å²) in [6.07, 6.45) is 0.